The first-order valence-electron chi connectivity index (χ1n) is 11.9. The lowest BCUT2D eigenvalue weighted by atomic mass is 10.1. The first-order valence-corrected chi connectivity index (χ1v) is 12.9. The topological polar surface area (TPSA) is 108 Å². The number of aromatic amines is 1. The highest BCUT2D eigenvalue weighted by Gasteiger charge is 2.30. The number of carbonyl (C=O) groups is 2. The highest BCUT2D eigenvalue weighted by molar-refractivity contribution is 7.99. The maximum absolute atomic E-state index is 13.2. The number of nitrogens with one attached hydrogen (secondary N) is 1. The molecule has 0 aliphatic carbocycles. The summed E-state index contributed by atoms with van der Waals surface area (Å²) in [7, 11) is 0. The molecule has 2 aromatic heterocycles. The summed E-state index contributed by atoms with van der Waals surface area (Å²) in [5, 5.41) is 9.36. The van der Waals surface area contributed by atoms with Gasteiger partial charge in [0.15, 0.2) is 34.4 Å². The number of carbonyl (C=O) groups excluding carboxylic acids is 2. The van der Waals surface area contributed by atoms with Crippen molar-refractivity contribution in [3.8, 4) is 17.2 Å². The summed E-state index contributed by atoms with van der Waals surface area (Å²) in [6.07, 6.45) is -0.479. The van der Waals surface area contributed by atoms with Gasteiger partial charge in [-0.05, 0) is 50.6 Å². The lowest BCUT2D eigenvalue weighted by molar-refractivity contribution is 0.0525. The predicted octanol–water partition coefficient (Wildman–Crippen LogP) is 4.88. The Balaban J connectivity index is 1.41. The van der Waals surface area contributed by atoms with Crippen LogP contribution in [0.15, 0.2) is 59.8 Å². The van der Waals surface area contributed by atoms with Gasteiger partial charge >= 0.3 is 5.97 Å². The van der Waals surface area contributed by atoms with Gasteiger partial charge in [0.2, 0.25) is 0 Å². The Morgan fingerprint density at radius 2 is 1.81 bits per heavy atom. The van der Waals surface area contributed by atoms with Gasteiger partial charge in [-0.2, -0.15) is 0 Å². The van der Waals surface area contributed by atoms with Crippen LogP contribution in [-0.4, -0.2) is 50.5 Å². The zero-order valence-corrected chi connectivity index (χ0v) is 21.5. The number of aryl methyl sites for hydroxylation is 1. The van der Waals surface area contributed by atoms with Crippen LogP contribution in [0, 0.1) is 13.8 Å². The average Bonchev–Trinajstić information content (AvgIpc) is 3.47. The third kappa shape index (κ3) is 4.84. The molecule has 10 heteroatoms. The minimum atomic E-state index is -0.479. The summed E-state index contributed by atoms with van der Waals surface area (Å²) in [5.74, 6) is 1.40. The zero-order chi connectivity index (χ0) is 25.9. The van der Waals surface area contributed by atoms with Crippen LogP contribution in [0.1, 0.15) is 51.0 Å². The van der Waals surface area contributed by atoms with E-state index in [4.69, 9.17) is 14.2 Å². The molecule has 3 heterocycles. The predicted molar refractivity (Wildman–Crippen MR) is 138 cm³/mol. The minimum absolute atomic E-state index is 0.0961. The fraction of sp³-hybridized carbons (Fsp3) is 0.259. The number of aromatic nitrogens is 4. The van der Waals surface area contributed by atoms with Gasteiger partial charge in [-0.25, -0.2) is 4.79 Å². The molecule has 1 atom stereocenters. The number of ether oxygens (including phenoxy) is 3. The summed E-state index contributed by atoms with van der Waals surface area (Å²) in [5.41, 5.74) is 2.82. The molecule has 2 aromatic carbocycles. The van der Waals surface area contributed by atoms with Crippen molar-refractivity contribution in [1.82, 2.24) is 19.7 Å². The standard InChI is InChI=1S/C27H26N4O5S/c1-4-34-26(33)23-16(2)24(28-17(23)3)19(32)15-37-27-30-29-25(31(27)18-10-6-5-7-11-18)22-14-35-20-12-8-9-13-21(20)36-22/h5-13,22,28H,4,14-15H2,1-3H3/t22-/m0/s1. The first kappa shape index (κ1) is 24.6. The Kier molecular flexibility index (Phi) is 7.00. The Labute approximate surface area is 218 Å². The number of benzene rings is 2. The van der Waals surface area contributed by atoms with Crippen molar-refractivity contribution in [3.63, 3.8) is 0 Å². The van der Waals surface area contributed by atoms with Gasteiger partial charge in [0.25, 0.3) is 0 Å². The third-order valence-electron chi connectivity index (χ3n) is 6.00. The molecule has 0 bridgehead atoms. The number of hydrogen-bond donors (Lipinski definition) is 1. The SMILES string of the molecule is CCOC(=O)c1c(C)[nH]c(C(=O)CSc2nnc([C@@H]3COc4ccccc4O3)n2-c2ccccc2)c1C. The molecule has 0 saturated heterocycles. The highest BCUT2D eigenvalue weighted by Crippen LogP contribution is 2.37. The molecule has 9 nitrogen and oxygen atoms in total. The fourth-order valence-electron chi connectivity index (χ4n) is 4.29. The Bertz CT molecular complexity index is 1450. The van der Waals surface area contributed by atoms with E-state index in [1.54, 1.807) is 20.8 Å². The van der Waals surface area contributed by atoms with Crippen LogP contribution < -0.4 is 9.47 Å². The average molecular weight is 519 g/mol. The number of H-pyrrole nitrogens is 1. The van der Waals surface area contributed by atoms with Crippen molar-refractivity contribution < 1.29 is 23.8 Å². The second kappa shape index (κ2) is 10.5. The fourth-order valence-corrected chi connectivity index (χ4v) is 5.12. The van der Waals surface area contributed by atoms with Crippen LogP contribution in [0.5, 0.6) is 11.5 Å². The molecule has 37 heavy (non-hydrogen) atoms. The molecule has 190 valence electrons. The van der Waals surface area contributed by atoms with Gasteiger partial charge in [0.05, 0.1) is 23.6 Å². The van der Waals surface area contributed by atoms with E-state index in [2.05, 4.69) is 15.2 Å². The zero-order valence-electron chi connectivity index (χ0n) is 20.7. The Morgan fingerprint density at radius 1 is 1.08 bits per heavy atom. The molecule has 0 spiro atoms. The lowest BCUT2D eigenvalue weighted by Gasteiger charge is -2.26. The summed E-state index contributed by atoms with van der Waals surface area (Å²) in [6, 6.07) is 17.2. The van der Waals surface area contributed by atoms with Crippen LogP contribution in [0.2, 0.25) is 0 Å². The van der Waals surface area contributed by atoms with E-state index in [1.807, 2.05) is 59.2 Å². The molecule has 0 radical (unpaired) electrons. The van der Waals surface area contributed by atoms with Crippen LogP contribution in [-0.2, 0) is 4.74 Å². The molecule has 1 N–H and O–H groups in total. The lowest BCUT2D eigenvalue weighted by Crippen LogP contribution is -2.24. The molecule has 0 fully saturated rings. The van der Waals surface area contributed by atoms with Crippen molar-refractivity contribution in [3.05, 3.63) is 82.9 Å². The van der Waals surface area contributed by atoms with Crippen molar-refractivity contribution in [2.24, 2.45) is 0 Å². The smallest absolute Gasteiger partial charge is 0.340 e. The quantitative estimate of drug-likeness (QED) is 0.200. The summed E-state index contributed by atoms with van der Waals surface area (Å²) < 4.78 is 19.1. The Hall–Kier alpha value is -4.05. The van der Waals surface area contributed by atoms with E-state index in [1.165, 1.54) is 11.8 Å². The summed E-state index contributed by atoms with van der Waals surface area (Å²) in [4.78, 5) is 28.6. The third-order valence-corrected chi connectivity index (χ3v) is 6.93. The van der Waals surface area contributed by atoms with Crippen LogP contribution in [0.3, 0.4) is 0 Å². The number of thioether (sulfide) groups is 1. The highest BCUT2D eigenvalue weighted by atomic mass is 32.2. The maximum Gasteiger partial charge on any atom is 0.340 e. The summed E-state index contributed by atoms with van der Waals surface area (Å²) >= 11 is 1.27. The number of para-hydroxylation sites is 3. The second-order valence-corrected chi connectivity index (χ2v) is 9.38. The summed E-state index contributed by atoms with van der Waals surface area (Å²) in [6.45, 7) is 5.80. The van der Waals surface area contributed by atoms with Gasteiger partial charge in [0, 0.05) is 11.4 Å². The molecule has 0 unspecified atom stereocenters. The first-order chi connectivity index (χ1) is 18.0. The maximum atomic E-state index is 13.2. The minimum Gasteiger partial charge on any atom is -0.485 e. The number of hydrogen-bond acceptors (Lipinski definition) is 8. The number of fused-ring (bicyclic) bond motifs is 1. The molecule has 0 saturated carbocycles. The molecular formula is C27H26N4O5S. The molecule has 1 aliphatic rings. The van der Waals surface area contributed by atoms with Crippen molar-refractivity contribution in [2.45, 2.75) is 32.0 Å². The van der Waals surface area contributed by atoms with E-state index in [0.717, 1.165) is 5.69 Å². The number of nitrogens with zero attached hydrogens (tertiary/aromatic N) is 3. The number of Topliss-reactive ketones (excluding diaryl/α,β-unsaturated/α-hetero) is 1. The van der Waals surface area contributed by atoms with E-state index in [9.17, 15) is 9.59 Å². The largest absolute Gasteiger partial charge is 0.485 e. The van der Waals surface area contributed by atoms with E-state index < -0.39 is 12.1 Å². The van der Waals surface area contributed by atoms with E-state index >= 15 is 0 Å². The van der Waals surface area contributed by atoms with Gasteiger partial charge in [0.1, 0.15) is 6.61 Å². The van der Waals surface area contributed by atoms with E-state index in [-0.39, 0.29) is 24.7 Å². The number of rotatable bonds is 8. The van der Waals surface area contributed by atoms with Gasteiger partial charge in [-0.15, -0.1) is 10.2 Å². The second-order valence-electron chi connectivity index (χ2n) is 8.43. The molecular weight excluding hydrogens is 492 g/mol. The van der Waals surface area contributed by atoms with E-state index in [0.29, 0.717) is 45.0 Å². The van der Waals surface area contributed by atoms with Gasteiger partial charge in [-0.3, -0.25) is 9.36 Å². The van der Waals surface area contributed by atoms with Gasteiger partial charge in [-0.1, -0.05) is 42.1 Å². The van der Waals surface area contributed by atoms with Crippen molar-refractivity contribution in [1.29, 1.82) is 0 Å². The van der Waals surface area contributed by atoms with Crippen molar-refractivity contribution in [2.75, 3.05) is 19.0 Å². The Morgan fingerprint density at radius 3 is 2.57 bits per heavy atom. The number of esters is 1. The molecule has 0 amide bonds. The van der Waals surface area contributed by atoms with Gasteiger partial charge < -0.3 is 19.2 Å². The number of ketones is 1. The van der Waals surface area contributed by atoms with Crippen LogP contribution in [0.4, 0.5) is 0 Å². The molecule has 5 rings (SSSR count). The van der Waals surface area contributed by atoms with Crippen LogP contribution >= 0.6 is 11.8 Å². The monoisotopic (exact) mass is 518 g/mol. The molecule has 1 aliphatic heterocycles. The van der Waals surface area contributed by atoms with Crippen molar-refractivity contribution >= 4 is 23.5 Å². The van der Waals surface area contributed by atoms with Crippen LogP contribution in [0.25, 0.3) is 5.69 Å². The molecule has 4 aromatic rings. The normalized spacial score (nSPS) is 14.4.